The molecule has 1 aliphatic carbocycles. The molecule has 0 aliphatic heterocycles. The molecule has 1 amide bonds. The van der Waals surface area contributed by atoms with Crippen LogP contribution in [0.3, 0.4) is 0 Å². The molecule has 0 saturated carbocycles. The van der Waals surface area contributed by atoms with Crippen molar-refractivity contribution in [2.75, 3.05) is 11.1 Å². The highest BCUT2D eigenvalue weighted by atomic mass is 35.5. The van der Waals surface area contributed by atoms with E-state index in [1.165, 1.54) is 29.5 Å². The first-order chi connectivity index (χ1) is 13.1. The van der Waals surface area contributed by atoms with Crippen LogP contribution in [0.5, 0.6) is 0 Å². The number of carbonyl (C=O) groups is 1. The molecule has 0 spiro atoms. The lowest BCUT2D eigenvalue weighted by Crippen LogP contribution is -2.15. The van der Waals surface area contributed by atoms with Gasteiger partial charge < -0.3 is 5.32 Å². The lowest BCUT2D eigenvalue weighted by atomic mass is 9.94. The summed E-state index contributed by atoms with van der Waals surface area (Å²) in [7, 11) is 0. The number of fused-ring (bicyclic) bond motifs is 2. The largest absolute Gasteiger partial charge is 0.325 e. The summed E-state index contributed by atoms with van der Waals surface area (Å²) in [6, 6.07) is 11.5. The topological polar surface area (TPSA) is 42.0 Å². The average Bonchev–Trinajstić information content (AvgIpc) is 2.67. The maximum atomic E-state index is 13.0. The molecule has 0 fully saturated rings. The van der Waals surface area contributed by atoms with Crippen LogP contribution >= 0.6 is 23.4 Å². The molecule has 6 heteroatoms. The molecule has 0 bridgehead atoms. The Labute approximate surface area is 166 Å². The van der Waals surface area contributed by atoms with Gasteiger partial charge >= 0.3 is 0 Å². The minimum atomic E-state index is -0.323. The van der Waals surface area contributed by atoms with Crippen molar-refractivity contribution in [3.63, 3.8) is 0 Å². The van der Waals surface area contributed by atoms with E-state index in [-0.39, 0.29) is 17.5 Å². The Morgan fingerprint density at radius 1 is 1.15 bits per heavy atom. The van der Waals surface area contributed by atoms with Crippen molar-refractivity contribution in [3.05, 3.63) is 64.6 Å². The number of halogens is 2. The van der Waals surface area contributed by atoms with Gasteiger partial charge in [0.25, 0.3) is 0 Å². The maximum Gasteiger partial charge on any atom is 0.234 e. The highest BCUT2D eigenvalue weighted by Gasteiger charge is 2.19. The lowest BCUT2D eigenvalue weighted by molar-refractivity contribution is -0.113. The quantitative estimate of drug-likeness (QED) is 0.576. The summed E-state index contributed by atoms with van der Waals surface area (Å²) >= 11 is 7.68. The minimum absolute atomic E-state index is 0.116. The summed E-state index contributed by atoms with van der Waals surface area (Å²) in [4.78, 5) is 18.3. The smallest absolute Gasteiger partial charge is 0.234 e. The van der Waals surface area contributed by atoms with E-state index in [1.54, 1.807) is 12.1 Å². The van der Waals surface area contributed by atoms with Crippen LogP contribution in [0.2, 0.25) is 5.02 Å². The Balaban J connectivity index is 1.59. The number of nitrogens with one attached hydrogen (secondary N) is 1. The van der Waals surface area contributed by atoms with E-state index in [9.17, 15) is 9.18 Å². The second kappa shape index (κ2) is 7.87. The van der Waals surface area contributed by atoms with Crippen molar-refractivity contribution < 1.29 is 9.18 Å². The number of aromatic nitrogens is 1. The number of hydrogen-bond acceptors (Lipinski definition) is 3. The van der Waals surface area contributed by atoms with Crippen molar-refractivity contribution in [1.29, 1.82) is 0 Å². The Morgan fingerprint density at radius 3 is 2.74 bits per heavy atom. The zero-order valence-electron chi connectivity index (χ0n) is 14.6. The van der Waals surface area contributed by atoms with Crippen LogP contribution in [0.25, 0.3) is 10.9 Å². The summed E-state index contributed by atoms with van der Waals surface area (Å²) in [5, 5.41) is 4.52. The normalized spacial score (nSPS) is 13.4. The van der Waals surface area contributed by atoms with Crippen molar-refractivity contribution in [3.8, 4) is 0 Å². The first kappa shape index (κ1) is 18.3. The molecule has 1 N–H and O–H groups in total. The van der Waals surface area contributed by atoms with Gasteiger partial charge in [0.05, 0.1) is 11.3 Å². The monoisotopic (exact) mass is 400 g/mol. The minimum Gasteiger partial charge on any atom is -0.325 e. The summed E-state index contributed by atoms with van der Waals surface area (Å²) in [6.45, 7) is 0. The predicted molar refractivity (Wildman–Crippen MR) is 109 cm³/mol. The van der Waals surface area contributed by atoms with Gasteiger partial charge in [0, 0.05) is 26.7 Å². The van der Waals surface area contributed by atoms with Crippen LogP contribution in [0.1, 0.15) is 24.1 Å². The van der Waals surface area contributed by atoms with E-state index in [0.717, 1.165) is 47.2 Å². The van der Waals surface area contributed by atoms with Gasteiger partial charge in [-0.05, 0) is 67.6 Å². The van der Waals surface area contributed by atoms with E-state index >= 15 is 0 Å². The molecular weight excluding hydrogens is 383 g/mol. The number of aryl methyl sites for hydroxylation is 1. The molecule has 1 aromatic heterocycles. The molecular formula is C21H18ClFN2OS. The van der Waals surface area contributed by atoms with Gasteiger partial charge in [0.2, 0.25) is 5.91 Å². The Morgan fingerprint density at radius 2 is 1.93 bits per heavy atom. The second-order valence-electron chi connectivity index (χ2n) is 6.58. The van der Waals surface area contributed by atoms with Crippen molar-refractivity contribution >= 4 is 45.9 Å². The van der Waals surface area contributed by atoms with E-state index in [0.29, 0.717) is 10.7 Å². The van der Waals surface area contributed by atoms with Crippen LogP contribution in [0, 0.1) is 5.82 Å². The van der Waals surface area contributed by atoms with Crippen molar-refractivity contribution in [1.82, 2.24) is 4.98 Å². The highest BCUT2D eigenvalue weighted by Crippen LogP contribution is 2.36. The Kier molecular flexibility index (Phi) is 5.32. The Bertz CT molecular complexity index is 1010. The number of pyridine rings is 1. The zero-order valence-corrected chi connectivity index (χ0v) is 16.2. The molecule has 1 aliphatic rings. The molecule has 138 valence electrons. The predicted octanol–water partition coefficient (Wildman–Crippen LogP) is 5.64. The molecule has 0 atom stereocenters. The highest BCUT2D eigenvalue weighted by molar-refractivity contribution is 8.00. The fraction of sp³-hybridized carbons (Fsp3) is 0.238. The van der Waals surface area contributed by atoms with Gasteiger partial charge in [-0.15, -0.1) is 11.8 Å². The third-order valence-corrected chi connectivity index (χ3v) is 6.04. The fourth-order valence-corrected chi connectivity index (χ4v) is 4.62. The number of hydrogen-bond donors (Lipinski definition) is 1. The molecule has 4 rings (SSSR count). The maximum absolute atomic E-state index is 13.0. The molecule has 27 heavy (non-hydrogen) atoms. The standard InChI is InChI=1S/C21H18ClFN2OS/c22-13-5-10-17-19(11-13)25-18-4-2-1-3-16(18)21(17)27-12-20(26)24-15-8-6-14(23)7-9-15/h5-11H,1-4,12H2,(H,24,26). The van der Waals surface area contributed by atoms with Gasteiger partial charge in [-0.2, -0.15) is 0 Å². The molecule has 0 unspecified atom stereocenters. The number of anilines is 1. The summed E-state index contributed by atoms with van der Waals surface area (Å²) < 4.78 is 13.0. The van der Waals surface area contributed by atoms with Gasteiger partial charge in [-0.1, -0.05) is 17.7 Å². The van der Waals surface area contributed by atoms with E-state index in [1.807, 2.05) is 18.2 Å². The first-order valence-electron chi connectivity index (χ1n) is 8.89. The third kappa shape index (κ3) is 4.09. The molecule has 3 aromatic rings. The molecule has 3 nitrogen and oxygen atoms in total. The van der Waals surface area contributed by atoms with E-state index in [4.69, 9.17) is 16.6 Å². The van der Waals surface area contributed by atoms with Gasteiger partial charge in [-0.3, -0.25) is 9.78 Å². The summed E-state index contributed by atoms with van der Waals surface area (Å²) in [5.74, 6) is -0.156. The SMILES string of the molecule is O=C(CSc1c2c(nc3cc(Cl)ccc13)CCCC2)Nc1ccc(F)cc1. The third-order valence-electron chi connectivity index (χ3n) is 4.65. The number of amides is 1. The number of nitrogens with zero attached hydrogens (tertiary/aromatic N) is 1. The molecule has 2 aromatic carbocycles. The van der Waals surface area contributed by atoms with Gasteiger partial charge in [0.15, 0.2) is 0 Å². The zero-order chi connectivity index (χ0) is 18.8. The summed E-state index contributed by atoms with van der Waals surface area (Å²) in [6.07, 6.45) is 4.24. The number of carbonyl (C=O) groups excluding carboxylic acids is 1. The van der Waals surface area contributed by atoms with Gasteiger partial charge in [-0.25, -0.2) is 4.39 Å². The van der Waals surface area contributed by atoms with E-state index in [2.05, 4.69) is 5.32 Å². The van der Waals surface area contributed by atoms with Crippen LogP contribution < -0.4 is 5.32 Å². The van der Waals surface area contributed by atoms with Crippen LogP contribution in [-0.2, 0) is 17.6 Å². The number of thioether (sulfide) groups is 1. The molecule has 1 heterocycles. The Hall–Kier alpha value is -2.11. The summed E-state index contributed by atoms with van der Waals surface area (Å²) in [5.41, 5.74) is 3.85. The van der Waals surface area contributed by atoms with Gasteiger partial charge in [0.1, 0.15) is 5.82 Å². The number of benzene rings is 2. The second-order valence-corrected chi connectivity index (χ2v) is 8.00. The van der Waals surface area contributed by atoms with Crippen molar-refractivity contribution in [2.45, 2.75) is 30.6 Å². The molecule has 0 radical (unpaired) electrons. The lowest BCUT2D eigenvalue weighted by Gasteiger charge is -2.20. The fourth-order valence-electron chi connectivity index (χ4n) is 3.39. The first-order valence-corrected chi connectivity index (χ1v) is 10.3. The van der Waals surface area contributed by atoms with Crippen LogP contribution in [-0.4, -0.2) is 16.6 Å². The van der Waals surface area contributed by atoms with Crippen molar-refractivity contribution in [2.24, 2.45) is 0 Å². The number of rotatable bonds is 4. The van der Waals surface area contributed by atoms with E-state index < -0.39 is 0 Å². The van der Waals surface area contributed by atoms with Crippen LogP contribution in [0.4, 0.5) is 10.1 Å². The molecule has 0 saturated heterocycles. The van der Waals surface area contributed by atoms with Crippen LogP contribution in [0.15, 0.2) is 47.4 Å². The average molecular weight is 401 g/mol.